The minimum absolute atomic E-state index is 0.00310. The number of hydrogen-bond acceptors (Lipinski definition) is 7. The van der Waals surface area contributed by atoms with Gasteiger partial charge in [-0.2, -0.15) is 13.2 Å². The third kappa shape index (κ3) is 8.25. The average Bonchev–Trinajstić information content (AvgIpc) is 3.86. The summed E-state index contributed by atoms with van der Waals surface area (Å²) in [6.45, 7) is 1.11. The summed E-state index contributed by atoms with van der Waals surface area (Å²) >= 11 is 0. The number of hydroxylamine groups is 1. The van der Waals surface area contributed by atoms with Crippen LogP contribution in [0.1, 0.15) is 64.7 Å². The topological polar surface area (TPSA) is 93.2 Å². The van der Waals surface area contributed by atoms with Gasteiger partial charge in [0.05, 0.1) is 24.5 Å². The summed E-state index contributed by atoms with van der Waals surface area (Å²) in [5, 5.41) is 0. The molecule has 0 unspecified atom stereocenters. The zero-order valence-electron chi connectivity index (χ0n) is 25.0. The Balaban J connectivity index is 1.32. The van der Waals surface area contributed by atoms with Gasteiger partial charge in [-0.15, -0.1) is 0 Å². The lowest BCUT2D eigenvalue weighted by molar-refractivity contribution is -0.216. The zero-order valence-corrected chi connectivity index (χ0v) is 25.8. The molecular formula is C32H30F6N2O6S. The van der Waals surface area contributed by atoms with Crippen LogP contribution in [0, 0.1) is 23.4 Å². The van der Waals surface area contributed by atoms with Gasteiger partial charge in [-0.05, 0) is 104 Å². The van der Waals surface area contributed by atoms with E-state index < -0.39 is 61.3 Å². The van der Waals surface area contributed by atoms with Crippen LogP contribution < -0.4 is 4.74 Å². The molecule has 1 saturated carbocycles. The highest BCUT2D eigenvalue weighted by Crippen LogP contribution is 2.43. The van der Waals surface area contributed by atoms with Crippen LogP contribution in [0.15, 0.2) is 60.7 Å². The number of rotatable bonds is 9. The number of amides is 1. The van der Waals surface area contributed by atoms with Gasteiger partial charge in [-0.1, -0.05) is 28.7 Å². The molecule has 0 spiro atoms. The lowest BCUT2D eigenvalue weighted by Gasteiger charge is -2.38. The van der Waals surface area contributed by atoms with Crippen molar-refractivity contribution in [2.75, 3.05) is 26.0 Å². The van der Waals surface area contributed by atoms with Crippen LogP contribution in [-0.4, -0.2) is 61.8 Å². The maximum absolute atomic E-state index is 15.7. The Morgan fingerprint density at radius 3 is 1.89 bits per heavy atom. The van der Waals surface area contributed by atoms with E-state index in [9.17, 15) is 40.0 Å². The first-order valence-corrected chi connectivity index (χ1v) is 16.5. The standard InChI is InChI=1S/C32H30F6N2O6S/c1-47(43,44)40(46-31(42)32(36,37)38)30(41)26-16-23(20-2-3-20)17-27(28(26)35)45-18-19-12-14-39(15-13-19)29(21-4-8-24(33)9-5-21)22-6-10-25(34)11-7-22/h4-11,16-17,19-20,29H,2-3,12-15,18H2,1H3. The summed E-state index contributed by atoms with van der Waals surface area (Å²) < 4.78 is 111. The van der Waals surface area contributed by atoms with Crippen molar-refractivity contribution >= 4 is 21.9 Å². The molecule has 0 atom stereocenters. The zero-order chi connectivity index (χ0) is 34.1. The van der Waals surface area contributed by atoms with Gasteiger partial charge in [-0.3, -0.25) is 9.69 Å². The molecule has 2 aliphatic rings. The van der Waals surface area contributed by atoms with E-state index in [0.717, 1.165) is 17.2 Å². The number of carbonyl (C=O) groups excluding carboxylic acids is 2. The molecule has 1 saturated heterocycles. The molecule has 15 heteroatoms. The van der Waals surface area contributed by atoms with Crippen molar-refractivity contribution < 1.29 is 53.9 Å². The minimum Gasteiger partial charge on any atom is -0.490 e. The molecule has 3 aromatic carbocycles. The Bertz CT molecular complexity index is 1680. The molecule has 47 heavy (non-hydrogen) atoms. The van der Waals surface area contributed by atoms with Crippen molar-refractivity contribution in [1.82, 2.24) is 9.37 Å². The SMILES string of the molecule is CS(=O)(=O)N(OC(=O)C(F)(F)F)C(=O)c1cc(C2CC2)cc(OCC2CCN(C(c3ccc(F)cc3)c3ccc(F)cc3)CC2)c1F. The largest absolute Gasteiger partial charge is 0.493 e. The number of carbonyl (C=O) groups is 2. The first kappa shape index (κ1) is 34.2. The summed E-state index contributed by atoms with van der Waals surface area (Å²) in [5.41, 5.74) is 1.11. The van der Waals surface area contributed by atoms with E-state index in [2.05, 4.69) is 9.74 Å². The van der Waals surface area contributed by atoms with Crippen molar-refractivity contribution in [3.8, 4) is 5.75 Å². The predicted octanol–water partition coefficient (Wildman–Crippen LogP) is 6.28. The van der Waals surface area contributed by atoms with Gasteiger partial charge in [0, 0.05) is 0 Å². The number of hydrogen-bond donors (Lipinski definition) is 0. The molecule has 0 bridgehead atoms. The fraction of sp³-hybridized carbons (Fsp3) is 0.375. The van der Waals surface area contributed by atoms with Crippen LogP contribution in [0.2, 0.25) is 0 Å². The summed E-state index contributed by atoms with van der Waals surface area (Å²) in [6.07, 6.45) is -2.76. The summed E-state index contributed by atoms with van der Waals surface area (Å²) in [5.74, 6) is -7.49. The molecule has 1 heterocycles. The fourth-order valence-electron chi connectivity index (χ4n) is 5.51. The molecule has 0 aromatic heterocycles. The molecule has 0 radical (unpaired) electrons. The van der Waals surface area contributed by atoms with Crippen LogP contribution in [0.3, 0.4) is 0 Å². The van der Waals surface area contributed by atoms with Crippen molar-refractivity contribution in [3.63, 3.8) is 0 Å². The second-order valence-electron chi connectivity index (χ2n) is 11.6. The van der Waals surface area contributed by atoms with Crippen LogP contribution in [0.4, 0.5) is 26.3 Å². The van der Waals surface area contributed by atoms with Crippen molar-refractivity contribution in [3.05, 3.63) is 100 Å². The minimum atomic E-state index is -5.63. The second-order valence-corrected chi connectivity index (χ2v) is 13.4. The van der Waals surface area contributed by atoms with E-state index in [4.69, 9.17) is 4.74 Å². The Morgan fingerprint density at radius 2 is 1.43 bits per heavy atom. The number of nitrogens with zero attached hydrogens (tertiary/aromatic N) is 2. The number of benzene rings is 3. The first-order valence-electron chi connectivity index (χ1n) is 14.7. The lowest BCUT2D eigenvalue weighted by Crippen LogP contribution is -2.42. The smallest absolute Gasteiger partial charge is 0.490 e. The Kier molecular flexibility index (Phi) is 9.87. The summed E-state index contributed by atoms with van der Waals surface area (Å²) in [4.78, 5) is 30.4. The highest BCUT2D eigenvalue weighted by molar-refractivity contribution is 7.88. The van der Waals surface area contributed by atoms with E-state index >= 15 is 4.39 Å². The number of ether oxygens (including phenoxy) is 1. The summed E-state index contributed by atoms with van der Waals surface area (Å²) in [6, 6.07) is 14.2. The van der Waals surface area contributed by atoms with Gasteiger partial charge in [0.15, 0.2) is 11.6 Å². The quantitative estimate of drug-likeness (QED) is 0.194. The molecule has 5 rings (SSSR count). The van der Waals surface area contributed by atoms with Gasteiger partial charge in [0.2, 0.25) is 0 Å². The van der Waals surface area contributed by atoms with Crippen molar-refractivity contribution in [1.29, 1.82) is 0 Å². The number of likely N-dealkylation sites (tertiary alicyclic amines) is 1. The number of alkyl halides is 3. The van der Waals surface area contributed by atoms with E-state index in [1.165, 1.54) is 30.3 Å². The van der Waals surface area contributed by atoms with Crippen LogP contribution >= 0.6 is 0 Å². The Morgan fingerprint density at radius 1 is 0.894 bits per heavy atom. The first-order chi connectivity index (χ1) is 22.1. The monoisotopic (exact) mass is 684 g/mol. The van der Waals surface area contributed by atoms with Gasteiger partial charge < -0.3 is 9.57 Å². The third-order valence-electron chi connectivity index (χ3n) is 8.07. The maximum atomic E-state index is 15.7. The number of piperidine rings is 1. The van der Waals surface area contributed by atoms with Crippen LogP contribution in [0.5, 0.6) is 5.75 Å². The highest BCUT2D eigenvalue weighted by atomic mass is 32.2. The van der Waals surface area contributed by atoms with E-state index in [-0.39, 0.29) is 24.5 Å². The van der Waals surface area contributed by atoms with Gasteiger partial charge >= 0.3 is 18.1 Å². The molecule has 1 aliphatic heterocycles. The van der Waals surface area contributed by atoms with Crippen LogP contribution in [0.25, 0.3) is 0 Å². The second kappa shape index (κ2) is 13.6. The molecule has 252 valence electrons. The normalized spacial score (nSPS) is 16.3. The van der Waals surface area contributed by atoms with Crippen molar-refractivity contribution in [2.45, 2.75) is 43.8 Å². The lowest BCUT2D eigenvalue weighted by atomic mass is 9.91. The molecular weight excluding hydrogens is 654 g/mol. The molecule has 0 N–H and O–H groups in total. The van der Waals surface area contributed by atoms with Crippen molar-refractivity contribution in [2.24, 2.45) is 5.92 Å². The number of halogens is 6. The fourth-order valence-corrected chi connectivity index (χ4v) is 6.11. The van der Waals surface area contributed by atoms with E-state index in [0.29, 0.717) is 50.6 Å². The average molecular weight is 685 g/mol. The molecule has 1 aliphatic carbocycles. The van der Waals surface area contributed by atoms with Crippen LogP contribution in [-0.2, 0) is 19.7 Å². The molecule has 3 aromatic rings. The van der Waals surface area contributed by atoms with E-state index in [1.54, 1.807) is 24.3 Å². The Labute approximate surface area is 266 Å². The number of sulfonamides is 1. The maximum Gasteiger partial charge on any atom is 0.493 e. The molecule has 1 amide bonds. The third-order valence-corrected chi connectivity index (χ3v) is 8.91. The highest BCUT2D eigenvalue weighted by Gasteiger charge is 2.46. The Hall–Kier alpha value is -4.11. The van der Waals surface area contributed by atoms with Gasteiger partial charge in [0.1, 0.15) is 11.6 Å². The molecule has 2 fully saturated rings. The van der Waals surface area contributed by atoms with Gasteiger partial charge in [0.25, 0.3) is 10.0 Å². The van der Waals surface area contributed by atoms with Gasteiger partial charge in [-0.25, -0.2) is 26.4 Å². The van der Waals surface area contributed by atoms with E-state index in [1.807, 2.05) is 0 Å². The predicted molar refractivity (Wildman–Crippen MR) is 156 cm³/mol. The molecule has 8 nitrogen and oxygen atoms in total. The summed E-state index contributed by atoms with van der Waals surface area (Å²) in [7, 11) is -4.91.